The van der Waals surface area contributed by atoms with Crippen LogP contribution in [0.15, 0.2) is 48.5 Å². The third-order valence-electron chi connectivity index (χ3n) is 6.24. The number of hydrogen-bond donors (Lipinski definition) is 1. The van der Waals surface area contributed by atoms with Gasteiger partial charge in [0.2, 0.25) is 0 Å². The summed E-state index contributed by atoms with van der Waals surface area (Å²) in [6.45, 7) is 5.18. The van der Waals surface area contributed by atoms with E-state index < -0.39 is 0 Å². The number of likely N-dealkylation sites (tertiary alicyclic amines) is 1. The minimum Gasteiger partial charge on any atom is -0.488 e. The van der Waals surface area contributed by atoms with Crippen molar-refractivity contribution in [2.45, 2.75) is 38.3 Å². The van der Waals surface area contributed by atoms with Crippen LogP contribution >= 0.6 is 0 Å². The molecule has 7 nitrogen and oxygen atoms in total. The highest BCUT2D eigenvalue weighted by molar-refractivity contribution is 5.92. The first-order valence-corrected chi connectivity index (χ1v) is 11.1. The number of urea groups is 1. The van der Waals surface area contributed by atoms with E-state index in [0.29, 0.717) is 26.4 Å². The summed E-state index contributed by atoms with van der Waals surface area (Å²) in [6.07, 6.45) is 1.68. The summed E-state index contributed by atoms with van der Waals surface area (Å²) >= 11 is 0. The van der Waals surface area contributed by atoms with Crippen molar-refractivity contribution in [1.82, 2.24) is 9.80 Å². The molecule has 164 valence electrons. The van der Waals surface area contributed by atoms with Gasteiger partial charge in [0, 0.05) is 37.9 Å². The molecule has 7 heteroatoms. The molecule has 2 saturated heterocycles. The van der Waals surface area contributed by atoms with Gasteiger partial charge in [-0.25, -0.2) is 4.79 Å². The van der Waals surface area contributed by atoms with Gasteiger partial charge in [-0.1, -0.05) is 30.3 Å². The molecule has 31 heavy (non-hydrogen) atoms. The number of fused-ring (bicyclic) bond motifs is 1. The lowest BCUT2D eigenvalue weighted by molar-refractivity contribution is -0.0684. The summed E-state index contributed by atoms with van der Waals surface area (Å²) in [4.78, 5) is 17.2. The zero-order valence-corrected chi connectivity index (χ0v) is 17.7. The molecule has 2 aromatic carbocycles. The summed E-state index contributed by atoms with van der Waals surface area (Å²) in [5.74, 6) is 0.770. The van der Waals surface area contributed by atoms with Crippen LogP contribution in [0.1, 0.15) is 24.0 Å². The van der Waals surface area contributed by atoms with Crippen molar-refractivity contribution in [2.24, 2.45) is 0 Å². The molecule has 0 aliphatic carbocycles. The average molecular weight is 424 g/mol. The van der Waals surface area contributed by atoms with E-state index in [9.17, 15) is 4.79 Å². The van der Waals surface area contributed by atoms with Crippen molar-refractivity contribution in [3.05, 3.63) is 59.7 Å². The maximum atomic E-state index is 12.8. The van der Waals surface area contributed by atoms with Gasteiger partial charge in [-0.2, -0.15) is 0 Å². The van der Waals surface area contributed by atoms with E-state index in [2.05, 4.69) is 40.5 Å². The first kappa shape index (κ1) is 20.3. The molecule has 0 aromatic heterocycles. The summed E-state index contributed by atoms with van der Waals surface area (Å²) in [5.41, 5.74) is 3.28. The zero-order chi connectivity index (χ0) is 21.0. The van der Waals surface area contributed by atoms with Crippen LogP contribution in [0.4, 0.5) is 10.5 Å². The predicted molar refractivity (Wildman–Crippen MR) is 117 cm³/mol. The van der Waals surface area contributed by atoms with Gasteiger partial charge in [0.15, 0.2) is 6.29 Å². The van der Waals surface area contributed by atoms with Gasteiger partial charge in [-0.3, -0.25) is 4.90 Å². The van der Waals surface area contributed by atoms with Crippen molar-refractivity contribution in [3.63, 3.8) is 0 Å². The molecule has 2 amide bonds. The smallest absolute Gasteiger partial charge is 0.322 e. The summed E-state index contributed by atoms with van der Waals surface area (Å²) in [6, 6.07) is 16.6. The first-order valence-electron chi connectivity index (χ1n) is 11.1. The Kier molecular flexibility index (Phi) is 6.06. The molecular weight excluding hydrogens is 394 g/mol. The van der Waals surface area contributed by atoms with Crippen LogP contribution in [-0.2, 0) is 22.6 Å². The highest BCUT2D eigenvalue weighted by Gasteiger charge is 2.31. The number of benzene rings is 2. The Balaban J connectivity index is 1.18. The van der Waals surface area contributed by atoms with Crippen molar-refractivity contribution >= 4 is 11.7 Å². The molecule has 0 unspecified atom stereocenters. The van der Waals surface area contributed by atoms with Crippen molar-refractivity contribution in [3.8, 4) is 5.75 Å². The van der Waals surface area contributed by atoms with Crippen LogP contribution in [0.2, 0.25) is 0 Å². The molecule has 0 saturated carbocycles. The van der Waals surface area contributed by atoms with E-state index in [-0.39, 0.29) is 18.4 Å². The van der Waals surface area contributed by atoms with E-state index >= 15 is 0 Å². The van der Waals surface area contributed by atoms with Gasteiger partial charge in [0.1, 0.15) is 12.4 Å². The third-order valence-corrected chi connectivity index (χ3v) is 6.24. The van der Waals surface area contributed by atoms with Gasteiger partial charge in [0.05, 0.1) is 13.2 Å². The Morgan fingerprint density at radius 1 is 1.03 bits per heavy atom. The van der Waals surface area contributed by atoms with Gasteiger partial charge in [-0.15, -0.1) is 0 Å². The quantitative estimate of drug-likeness (QED) is 0.771. The number of nitrogens with zero attached hydrogens (tertiary/aromatic N) is 2. The lowest BCUT2D eigenvalue weighted by Crippen LogP contribution is -2.50. The number of carbonyl (C=O) groups is 1. The fraction of sp³-hybridized carbons (Fsp3) is 0.458. The molecule has 0 bridgehead atoms. The monoisotopic (exact) mass is 423 g/mol. The topological polar surface area (TPSA) is 63.3 Å². The van der Waals surface area contributed by atoms with Crippen LogP contribution in [0.5, 0.6) is 5.75 Å². The molecular formula is C24H29N3O4. The van der Waals surface area contributed by atoms with Crippen LogP contribution in [0.3, 0.4) is 0 Å². The maximum absolute atomic E-state index is 12.8. The van der Waals surface area contributed by atoms with Crippen LogP contribution in [0, 0.1) is 0 Å². The summed E-state index contributed by atoms with van der Waals surface area (Å²) in [7, 11) is 0. The SMILES string of the molecule is O=C1Nc2ccc(OCC3OCCO3)cc2CN1C1CCN(Cc2ccccc2)CC1. The average Bonchev–Trinajstić information content (AvgIpc) is 3.32. The standard InChI is InChI=1S/C24H29N3O4/c28-24-25-22-7-6-21(31-17-23-29-12-13-30-23)14-19(22)16-27(24)20-8-10-26(11-9-20)15-18-4-2-1-3-5-18/h1-7,14,20,23H,8-13,15-17H2,(H,25,28). The molecule has 3 aliphatic heterocycles. The van der Waals surface area contributed by atoms with Crippen LogP contribution in [0.25, 0.3) is 0 Å². The van der Waals surface area contributed by atoms with Crippen molar-refractivity contribution < 1.29 is 19.0 Å². The molecule has 0 atom stereocenters. The fourth-order valence-corrected chi connectivity index (χ4v) is 4.55. The summed E-state index contributed by atoms with van der Waals surface area (Å²) < 4.78 is 16.7. The Morgan fingerprint density at radius 2 is 1.81 bits per heavy atom. The van der Waals surface area contributed by atoms with Crippen molar-refractivity contribution in [2.75, 3.05) is 38.2 Å². The Hall–Kier alpha value is -2.61. The fourth-order valence-electron chi connectivity index (χ4n) is 4.55. The molecule has 1 N–H and O–H groups in total. The molecule has 3 aliphatic rings. The Morgan fingerprint density at radius 3 is 2.58 bits per heavy atom. The first-order chi connectivity index (χ1) is 15.2. The number of rotatable bonds is 6. The second-order valence-corrected chi connectivity index (χ2v) is 8.35. The lowest BCUT2D eigenvalue weighted by atomic mass is 10.0. The highest BCUT2D eigenvalue weighted by atomic mass is 16.7. The number of carbonyl (C=O) groups excluding carboxylic acids is 1. The summed E-state index contributed by atoms with van der Waals surface area (Å²) in [5, 5.41) is 3.05. The van der Waals surface area contributed by atoms with E-state index in [1.54, 1.807) is 0 Å². The lowest BCUT2D eigenvalue weighted by Gasteiger charge is -2.40. The molecule has 2 fully saturated rings. The number of piperidine rings is 1. The highest BCUT2D eigenvalue weighted by Crippen LogP contribution is 2.31. The van der Waals surface area contributed by atoms with Crippen molar-refractivity contribution in [1.29, 1.82) is 0 Å². The second-order valence-electron chi connectivity index (χ2n) is 8.35. The number of amides is 2. The second kappa shape index (κ2) is 9.26. The molecule has 2 aromatic rings. The van der Waals surface area contributed by atoms with E-state index in [1.807, 2.05) is 23.1 Å². The normalized spacial score (nSPS) is 20.5. The van der Waals surface area contributed by atoms with Gasteiger partial charge in [0.25, 0.3) is 0 Å². The van der Waals surface area contributed by atoms with E-state index in [0.717, 1.165) is 49.5 Å². The van der Waals surface area contributed by atoms with Gasteiger partial charge >= 0.3 is 6.03 Å². The molecule has 0 radical (unpaired) electrons. The third kappa shape index (κ3) is 4.84. The molecule has 0 spiro atoms. The van der Waals surface area contributed by atoms with Crippen LogP contribution < -0.4 is 10.1 Å². The van der Waals surface area contributed by atoms with Crippen LogP contribution in [-0.4, -0.2) is 61.1 Å². The zero-order valence-electron chi connectivity index (χ0n) is 17.7. The Bertz CT molecular complexity index is 893. The van der Waals surface area contributed by atoms with E-state index in [4.69, 9.17) is 14.2 Å². The largest absolute Gasteiger partial charge is 0.488 e. The van der Waals surface area contributed by atoms with Gasteiger partial charge < -0.3 is 24.4 Å². The maximum Gasteiger partial charge on any atom is 0.322 e. The molecule has 3 heterocycles. The van der Waals surface area contributed by atoms with Gasteiger partial charge in [-0.05, 0) is 42.2 Å². The Labute approximate surface area is 182 Å². The number of anilines is 1. The number of nitrogens with one attached hydrogen (secondary N) is 1. The minimum absolute atomic E-state index is 0.00423. The molecule has 5 rings (SSSR count). The number of hydrogen-bond acceptors (Lipinski definition) is 5. The van der Waals surface area contributed by atoms with E-state index in [1.165, 1.54) is 5.56 Å². The number of ether oxygens (including phenoxy) is 3. The predicted octanol–water partition coefficient (Wildman–Crippen LogP) is 3.45. The minimum atomic E-state index is -0.298.